The number of aromatic nitrogens is 1. The van der Waals surface area contributed by atoms with Gasteiger partial charge in [0.1, 0.15) is 0 Å². The molecule has 0 aromatic carbocycles. The lowest BCUT2D eigenvalue weighted by molar-refractivity contribution is -0.136. The van der Waals surface area contributed by atoms with Gasteiger partial charge in [-0.05, 0) is 32.5 Å². The summed E-state index contributed by atoms with van der Waals surface area (Å²) in [7, 11) is 3.41. The van der Waals surface area contributed by atoms with E-state index in [1.807, 2.05) is 45.2 Å². The van der Waals surface area contributed by atoms with E-state index in [1.54, 1.807) is 0 Å². The zero-order valence-electron chi connectivity index (χ0n) is 12.1. The van der Waals surface area contributed by atoms with Gasteiger partial charge in [0.05, 0.1) is 12.8 Å². The maximum absolute atomic E-state index is 11.4. The van der Waals surface area contributed by atoms with Crippen LogP contribution in [0.15, 0.2) is 29.8 Å². The van der Waals surface area contributed by atoms with Crippen LogP contribution in [0.5, 0.6) is 0 Å². The van der Waals surface area contributed by atoms with Gasteiger partial charge in [0.15, 0.2) is 0 Å². The van der Waals surface area contributed by atoms with Crippen LogP contribution in [-0.4, -0.2) is 36.6 Å². The largest absolute Gasteiger partial charge is 0.466 e. The lowest BCUT2D eigenvalue weighted by atomic mass is 10.2. The van der Waals surface area contributed by atoms with Crippen molar-refractivity contribution in [3.63, 3.8) is 0 Å². The van der Waals surface area contributed by atoms with E-state index >= 15 is 0 Å². The minimum Gasteiger partial charge on any atom is -0.466 e. The Bertz CT molecular complexity index is 455. The van der Waals surface area contributed by atoms with Crippen molar-refractivity contribution in [1.82, 2.24) is 9.88 Å². The number of rotatable bonds is 6. The van der Waals surface area contributed by atoms with E-state index in [9.17, 15) is 4.79 Å². The summed E-state index contributed by atoms with van der Waals surface area (Å²) in [6.07, 6.45) is 2.60. The molecule has 0 N–H and O–H groups in total. The van der Waals surface area contributed by atoms with Crippen molar-refractivity contribution in [2.75, 3.05) is 20.7 Å². The van der Waals surface area contributed by atoms with Crippen LogP contribution in [0.4, 0.5) is 0 Å². The average Bonchev–Trinajstić information content (AvgIpc) is 2.39. The fourth-order valence-electron chi connectivity index (χ4n) is 1.80. The van der Waals surface area contributed by atoms with E-state index in [0.717, 1.165) is 17.9 Å². The number of aryl methyl sites for hydroxylation is 1. The summed E-state index contributed by atoms with van der Waals surface area (Å²) in [5.41, 5.74) is 2.77. The second-order valence-electron chi connectivity index (χ2n) is 4.54. The molecule has 1 aromatic heterocycles. The summed E-state index contributed by atoms with van der Waals surface area (Å²) >= 11 is 0. The number of hydrogen-bond acceptors (Lipinski definition) is 4. The van der Waals surface area contributed by atoms with Crippen molar-refractivity contribution in [1.29, 1.82) is 0 Å². The monoisotopic (exact) mass is 262 g/mol. The van der Waals surface area contributed by atoms with Crippen LogP contribution in [0.1, 0.15) is 24.7 Å². The molecule has 0 atom stereocenters. The Morgan fingerprint density at radius 2 is 2.21 bits per heavy atom. The molecule has 4 nitrogen and oxygen atoms in total. The van der Waals surface area contributed by atoms with Crippen molar-refractivity contribution in [2.45, 2.75) is 26.8 Å². The first-order valence-electron chi connectivity index (χ1n) is 6.45. The molecule has 1 rings (SSSR count). The molecule has 0 unspecified atom stereocenters. The number of likely N-dealkylation sites (N-methyl/N-ethyl adjacent to an activating group) is 1. The Morgan fingerprint density at radius 3 is 2.79 bits per heavy atom. The van der Waals surface area contributed by atoms with Crippen molar-refractivity contribution >= 4 is 5.97 Å². The maximum Gasteiger partial charge on any atom is 0.333 e. The van der Waals surface area contributed by atoms with E-state index < -0.39 is 0 Å². The zero-order valence-corrected chi connectivity index (χ0v) is 12.1. The molecule has 0 radical (unpaired) electrons. The highest BCUT2D eigenvalue weighted by atomic mass is 16.5. The highest BCUT2D eigenvalue weighted by Crippen LogP contribution is 2.05. The number of methoxy groups -OCH3 is 1. The van der Waals surface area contributed by atoms with Gasteiger partial charge in [-0.3, -0.25) is 9.88 Å². The summed E-state index contributed by atoms with van der Waals surface area (Å²) < 4.78 is 4.73. The van der Waals surface area contributed by atoms with E-state index in [1.165, 1.54) is 7.11 Å². The Hall–Kier alpha value is -1.68. The van der Waals surface area contributed by atoms with Gasteiger partial charge < -0.3 is 4.74 Å². The third kappa shape index (κ3) is 5.22. The second-order valence-corrected chi connectivity index (χ2v) is 4.54. The standard InChI is InChI=1S/C15H22N2O2/c1-5-13(15(18)19-4)9-10-17(3)11-14-8-6-7-12(2)16-14/h6-9H,5,10-11H2,1-4H3. The molecular weight excluding hydrogens is 240 g/mol. The van der Waals surface area contributed by atoms with Crippen molar-refractivity contribution in [3.8, 4) is 0 Å². The summed E-state index contributed by atoms with van der Waals surface area (Å²) in [4.78, 5) is 18.0. The molecule has 0 spiro atoms. The van der Waals surface area contributed by atoms with Crippen LogP contribution >= 0.6 is 0 Å². The minimum atomic E-state index is -0.246. The molecule has 0 fully saturated rings. The molecule has 0 aliphatic carbocycles. The third-order valence-electron chi connectivity index (χ3n) is 2.86. The number of pyridine rings is 1. The van der Waals surface area contributed by atoms with Gasteiger partial charge in [0.25, 0.3) is 0 Å². The lowest BCUT2D eigenvalue weighted by Crippen LogP contribution is -2.19. The van der Waals surface area contributed by atoms with Crippen molar-refractivity contribution in [3.05, 3.63) is 41.2 Å². The van der Waals surface area contributed by atoms with Gasteiger partial charge in [-0.25, -0.2) is 4.79 Å². The number of carbonyl (C=O) groups is 1. The average molecular weight is 262 g/mol. The predicted octanol–water partition coefficient (Wildman–Crippen LogP) is 2.33. The van der Waals surface area contributed by atoms with Crippen LogP contribution in [0.2, 0.25) is 0 Å². The molecule has 0 aliphatic heterocycles. The number of carbonyl (C=O) groups excluding carboxylic acids is 1. The highest BCUT2D eigenvalue weighted by molar-refractivity contribution is 5.88. The Labute approximate surface area is 115 Å². The molecule has 0 amide bonds. The van der Waals surface area contributed by atoms with Crippen molar-refractivity contribution < 1.29 is 9.53 Å². The summed E-state index contributed by atoms with van der Waals surface area (Å²) in [6, 6.07) is 6.00. The minimum absolute atomic E-state index is 0.246. The summed E-state index contributed by atoms with van der Waals surface area (Å²) in [5, 5.41) is 0. The zero-order chi connectivity index (χ0) is 14.3. The first-order valence-corrected chi connectivity index (χ1v) is 6.45. The molecule has 1 heterocycles. The predicted molar refractivity (Wildman–Crippen MR) is 75.7 cm³/mol. The van der Waals surface area contributed by atoms with Crippen molar-refractivity contribution in [2.24, 2.45) is 0 Å². The van der Waals surface area contributed by atoms with Crippen LogP contribution < -0.4 is 0 Å². The van der Waals surface area contributed by atoms with Gasteiger partial charge in [0.2, 0.25) is 0 Å². The maximum atomic E-state index is 11.4. The number of nitrogens with zero attached hydrogens (tertiary/aromatic N) is 2. The SMILES string of the molecule is CCC(=CCN(C)Cc1cccc(C)n1)C(=O)OC. The van der Waals surface area contributed by atoms with Gasteiger partial charge in [-0.15, -0.1) is 0 Å². The first kappa shape index (κ1) is 15.4. The van der Waals surface area contributed by atoms with Gasteiger partial charge in [-0.1, -0.05) is 19.1 Å². The molecule has 0 saturated heterocycles. The van der Waals surface area contributed by atoms with Crippen LogP contribution in [0, 0.1) is 6.92 Å². The molecule has 0 aliphatic rings. The molecular formula is C15H22N2O2. The van der Waals surface area contributed by atoms with Crippen LogP contribution in [-0.2, 0) is 16.1 Å². The van der Waals surface area contributed by atoms with E-state index in [-0.39, 0.29) is 5.97 Å². The second kappa shape index (κ2) is 7.69. The number of ether oxygens (including phenoxy) is 1. The van der Waals surface area contributed by atoms with Crippen LogP contribution in [0.25, 0.3) is 0 Å². The summed E-state index contributed by atoms with van der Waals surface area (Å²) in [6.45, 7) is 5.39. The van der Waals surface area contributed by atoms with Gasteiger partial charge in [-0.2, -0.15) is 0 Å². The highest BCUT2D eigenvalue weighted by Gasteiger charge is 2.07. The fourth-order valence-corrected chi connectivity index (χ4v) is 1.80. The topological polar surface area (TPSA) is 42.4 Å². The molecule has 104 valence electrons. The lowest BCUT2D eigenvalue weighted by Gasteiger charge is -2.14. The Kier molecular flexibility index (Phi) is 6.22. The Morgan fingerprint density at radius 1 is 1.47 bits per heavy atom. The quantitative estimate of drug-likeness (QED) is 0.583. The smallest absolute Gasteiger partial charge is 0.333 e. The summed E-state index contributed by atoms with van der Waals surface area (Å²) in [5.74, 6) is -0.246. The molecule has 19 heavy (non-hydrogen) atoms. The van der Waals surface area contributed by atoms with Gasteiger partial charge >= 0.3 is 5.97 Å². The fraction of sp³-hybridized carbons (Fsp3) is 0.467. The van der Waals surface area contributed by atoms with E-state index in [4.69, 9.17) is 4.74 Å². The molecule has 1 aromatic rings. The Balaban J connectivity index is 2.57. The van der Waals surface area contributed by atoms with E-state index in [0.29, 0.717) is 18.5 Å². The third-order valence-corrected chi connectivity index (χ3v) is 2.86. The van der Waals surface area contributed by atoms with Gasteiger partial charge in [0, 0.05) is 24.4 Å². The molecule has 4 heteroatoms. The van der Waals surface area contributed by atoms with Crippen LogP contribution in [0.3, 0.4) is 0 Å². The number of hydrogen-bond donors (Lipinski definition) is 0. The van der Waals surface area contributed by atoms with E-state index in [2.05, 4.69) is 9.88 Å². The first-order chi connectivity index (χ1) is 9.06. The molecule has 0 bridgehead atoms. The number of esters is 1. The molecule has 0 saturated carbocycles. The normalized spacial score (nSPS) is 11.7.